The minimum Gasteiger partial charge on any atom is -0.491 e. The summed E-state index contributed by atoms with van der Waals surface area (Å²) in [6, 6.07) is 10.7. The van der Waals surface area contributed by atoms with Crippen LogP contribution in [0, 0.1) is 5.92 Å². The number of hydrogen-bond donors (Lipinski definition) is 1. The Kier molecular flexibility index (Phi) is 4.27. The molecule has 1 N–H and O–H groups in total. The maximum atomic E-state index is 12.7. The predicted octanol–water partition coefficient (Wildman–Crippen LogP) is 3.22. The summed E-state index contributed by atoms with van der Waals surface area (Å²) in [5, 5.41) is 9.24. The molecule has 6 nitrogen and oxygen atoms in total. The Morgan fingerprint density at radius 2 is 1.68 bits per heavy atom. The highest BCUT2D eigenvalue weighted by molar-refractivity contribution is 6.35. The summed E-state index contributed by atoms with van der Waals surface area (Å²) >= 11 is 0. The van der Waals surface area contributed by atoms with E-state index in [2.05, 4.69) is 0 Å². The number of amides is 2. The van der Waals surface area contributed by atoms with Gasteiger partial charge >= 0.3 is 5.97 Å². The van der Waals surface area contributed by atoms with Gasteiger partial charge in [-0.25, -0.2) is 9.69 Å². The first-order valence-electron chi connectivity index (χ1n) is 7.88. The van der Waals surface area contributed by atoms with Crippen LogP contribution in [0.3, 0.4) is 0 Å². The van der Waals surface area contributed by atoms with Crippen LogP contribution in [0.5, 0.6) is 5.75 Å². The summed E-state index contributed by atoms with van der Waals surface area (Å²) in [5.74, 6) is -1.59. The first-order chi connectivity index (χ1) is 11.9. The van der Waals surface area contributed by atoms with Gasteiger partial charge < -0.3 is 9.84 Å². The predicted molar refractivity (Wildman–Crippen MR) is 91.3 cm³/mol. The average molecular weight is 339 g/mol. The summed E-state index contributed by atoms with van der Waals surface area (Å²) in [5.41, 5.74) is 0.710. The highest BCUT2D eigenvalue weighted by atomic mass is 16.5. The van der Waals surface area contributed by atoms with Crippen LogP contribution in [0.4, 0.5) is 5.69 Å². The van der Waals surface area contributed by atoms with E-state index < -0.39 is 17.8 Å². The van der Waals surface area contributed by atoms with Crippen LogP contribution >= 0.6 is 0 Å². The van der Waals surface area contributed by atoms with Crippen molar-refractivity contribution in [3.63, 3.8) is 0 Å². The Hall–Kier alpha value is -3.15. The second-order valence-corrected chi connectivity index (χ2v) is 6.18. The molecule has 128 valence electrons. The van der Waals surface area contributed by atoms with Crippen LogP contribution < -0.4 is 9.64 Å². The molecule has 0 aromatic heterocycles. The Bertz CT molecular complexity index is 837. The molecule has 3 rings (SSSR count). The van der Waals surface area contributed by atoms with Gasteiger partial charge in [0, 0.05) is 0 Å². The molecule has 0 bridgehead atoms. The van der Waals surface area contributed by atoms with Crippen molar-refractivity contribution in [2.45, 2.75) is 13.8 Å². The third-order valence-electron chi connectivity index (χ3n) is 3.81. The molecule has 1 aliphatic heterocycles. The van der Waals surface area contributed by atoms with Crippen molar-refractivity contribution < 1.29 is 24.2 Å². The largest absolute Gasteiger partial charge is 0.491 e. The number of fused-ring (bicyclic) bond motifs is 1. The lowest BCUT2D eigenvalue weighted by Crippen LogP contribution is -2.30. The van der Waals surface area contributed by atoms with Crippen molar-refractivity contribution >= 4 is 23.5 Å². The van der Waals surface area contributed by atoms with E-state index in [1.54, 1.807) is 24.3 Å². The SMILES string of the molecule is CC(C)COc1ccc(C(=O)O)cc1N1C(=O)c2ccccc2C1=O. The summed E-state index contributed by atoms with van der Waals surface area (Å²) in [6.45, 7) is 4.31. The molecule has 1 heterocycles. The van der Waals surface area contributed by atoms with Gasteiger partial charge in [-0.05, 0) is 36.2 Å². The van der Waals surface area contributed by atoms with Crippen molar-refractivity contribution in [2.24, 2.45) is 5.92 Å². The molecule has 0 saturated heterocycles. The minimum absolute atomic E-state index is 0.0246. The summed E-state index contributed by atoms with van der Waals surface area (Å²) < 4.78 is 5.70. The lowest BCUT2D eigenvalue weighted by molar-refractivity contribution is 0.0695. The number of carbonyl (C=O) groups is 3. The number of carboxylic acid groups (broad SMARTS) is 1. The Balaban J connectivity index is 2.09. The van der Waals surface area contributed by atoms with Gasteiger partial charge in [0.05, 0.1) is 29.0 Å². The number of hydrogen-bond acceptors (Lipinski definition) is 4. The van der Waals surface area contributed by atoms with Crippen molar-refractivity contribution in [3.8, 4) is 5.75 Å². The van der Waals surface area contributed by atoms with Crippen molar-refractivity contribution in [2.75, 3.05) is 11.5 Å². The van der Waals surface area contributed by atoms with E-state index >= 15 is 0 Å². The van der Waals surface area contributed by atoms with Gasteiger partial charge in [0.15, 0.2) is 0 Å². The topological polar surface area (TPSA) is 83.9 Å². The standard InChI is InChI=1S/C19H17NO5/c1-11(2)10-25-16-8-7-12(19(23)24)9-15(16)20-17(21)13-5-3-4-6-14(13)18(20)22/h3-9,11H,10H2,1-2H3,(H,23,24). The fourth-order valence-electron chi connectivity index (χ4n) is 2.61. The number of imide groups is 1. The zero-order valence-corrected chi connectivity index (χ0v) is 13.9. The lowest BCUT2D eigenvalue weighted by atomic mass is 10.1. The number of aromatic carboxylic acids is 1. The van der Waals surface area contributed by atoms with Crippen molar-refractivity contribution in [1.82, 2.24) is 0 Å². The van der Waals surface area contributed by atoms with E-state index in [-0.39, 0.29) is 17.2 Å². The van der Waals surface area contributed by atoms with Gasteiger partial charge in [-0.3, -0.25) is 9.59 Å². The van der Waals surface area contributed by atoms with Crippen LogP contribution in [-0.4, -0.2) is 29.5 Å². The third-order valence-corrected chi connectivity index (χ3v) is 3.81. The van der Waals surface area contributed by atoms with Crippen LogP contribution in [0.1, 0.15) is 44.9 Å². The zero-order valence-electron chi connectivity index (χ0n) is 13.9. The van der Waals surface area contributed by atoms with E-state index in [1.807, 2.05) is 13.8 Å². The first-order valence-corrected chi connectivity index (χ1v) is 7.88. The minimum atomic E-state index is -1.15. The third kappa shape index (κ3) is 2.98. The lowest BCUT2D eigenvalue weighted by Gasteiger charge is -2.19. The molecule has 6 heteroatoms. The van der Waals surface area contributed by atoms with Gasteiger partial charge in [0.25, 0.3) is 11.8 Å². The quantitative estimate of drug-likeness (QED) is 0.846. The molecule has 25 heavy (non-hydrogen) atoms. The second kappa shape index (κ2) is 6.39. The van der Waals surface area contributed by atoms with Gasteiger partial charge in [-0.1, -0.05) is 26.0 Å². The number of rotatable bonds is 5. The summed E-state index contributed by atoms with van der Waals surface area (Å²) in [7, 11) is 0. The monoisotopic (exact) mass is 339 g/mol. The number of nitrogens with zero attached hydrogens (tertiary/aromatic N) is 1. The molecule has 1 aliphatic rings. The number of carbonyl (C=O) groups excluding carboxylic acids is 2. The molecule has 0 radical (unpaired) electrons. The highest BCUT2D eigenvalue weighted by Crippen LogP contribution is 2.36. The van der Waals surface area contributed by atoms with Crippen molar-refractivity contribution in [3.05, 3.63) is 59.2 Å². The molecule has 0 unspecified atom stereocenters. The smallest absolute Gasteiger partial charge is 0.335 e. The number of ether oxygens (including phenoxy) is 1. The molecule has 0 saturated carbocycles. The molecule has 2 aromatic rings. The van der Waals surface area contributed by atoms with E-state index in [4.69, 9.17) is 4.74 Å². The Morgan fingerprint density at radius 3 is 2.20 bits per heavy atom. The van der Waals surface area contributed by atoms with Gasteiger partial charge in [-0.2, -0.15) is 0 Å². The van der Waals surface area contributed by atoms with Gasteiger partial charge in [-0.15, -0.1) is 0 Å². The van der Waals surface area contributed by atoms with E-state index in [9.17, 15) is 19.5 Å². The fraction of sp³-hybridized carbons (Fsp3) is 0.211. The molecule has 0 spiro atoms. The first kappa shape index (κ1) is 16.7. The molecular weight excluding hydrogens is 322 g/mol. The average Bonchev–Trinajstić information content (AvgIpc) is 2.84. The van der Waals surface area contributed by atoms with E-state index in [1.165, 1.54) is 18.2 Å². The molecule has 2 aromatic carbocycles. The van der Waals surface area contributed by atoms with Crippen LogP contribution in [0.25, 0.3) is 0 Å². The van der Waals surface area contributed by atoms with E-state index in [0.717, 1.165) is 4.90 Å². The fourth-order valence-corrected chi connectivity index (χ4v) is 2.61. The van der Waals surface area contributed by atoms with Crippen molar-refractivity contribution in [1.29, 1.82) is 0 Å². The Labute approximate surface area is 144 Å². The van der Waals surface area contributed by atoms with Gasteiger partial charge in [0.1, 0.15) is 5.75 Å². The molecular formula is C19H17NO5. The number of carboxylic acids is 1. The number of anilines is 1. The molecule has 2 amide bonds. The highest BCUT2D eigenvalue weighted by Gasteiger charge is 2.38. The molecule has 0 aliphatic carbocycles. The zero-order chi connectivity index (χ0) is 18.1. The summed E-state index contributed by atoms with van der Waals surface area (Å²) in [4.78, 5) is 37.6. The summed E-state index contributed by atoms with van der Waals surface area (Å²) in [6.07, 6.45) is 0. The molecule has 0 atom stereocenters. The normalized spacial score (nSPS) is 13.3. The Morgan fingerprint density at radius 1 is 1.08 bits per heavy atom. The van der Waals surface area contributed by atoms with Crippen LogP contribution in [0.15, 0.2) is 42.5 Å². The van der Waals surface area contributed by atoms with Crippen LogP contribution in [-0.2, 0) is 0 Å². The maximum absolute atomic E-state index is 12.7. The number of benzene rings is 2. The van der Waals surface area contributed by atoms with E-state index in [0.29, 0.717) is 23.5 Å². The maximum Gasteiger partial charge on any atom is 0.335 e. The van der Waals surface area contributed by atoms with Gasteiger partial charge in [0.2, 0.25) is 0 Å². The molecule has 0 fully saturated rings. The van der Waals surface area contributed by atoms with Crippen LogP contribution in [0.2, 0.25) is 0 Å². The second-order valence-electron chi connectivity index (χ2n) is 6.18.